The van der Waals surface area contributed by atoms with Gasteiger partial charge < -0.3 is 25.0 Å². The third-order valence-corrected chi connectivity index (χ3v) is 4.31. The van der Waals surface area contributed by atoms with Crippen molar-refractivity contribution in [2.75, 3.05) is 26.4 Å². The third kappa shape index (κ3) is 5.85. The van der Waals surface area contributed by atoms with Crippen LogP contribution in [0.3, 0.4) is 0 Å². The Morgan fingerprint density at radius 3 is 2.56 bits per heavy atom. The van der Waals surface area contributed by atoms with Crippen molar-refractivity contribution in [1.82, 2.24) is 15.5 Å². The molecule has 0 radical (unpaired) electrons. The first-order valence-electron chi connectivity index (χ1n) is 8.65. The number of ether oxygens (including phenoxy) is 2. The number of nitrogens with zero attached hydrogens (tertiary/aromatic N) is 1. The van der Waals surface area contributed by atoms with E-state index in [4.69, 9.17) is 9.47 Å². The molecule has 0 spiro atoms. The minimum Gasteiger partial charge on any atom is -0.473 e. The molecule has 1 aliphatic heterocycles. The van der Waals surface area contributed by atoms with E-state index in [1.807, 2.05) is 32.0 Å². The molecular weight excluding hydrogens is 322 g/mol. The lowest BCUT2D eigenvalue weighted by Gasteiger charge is -2.31. The molecule has 0 aromatic heterocycles. The van der Waals surface area contributed by atoms with Crippen LogP contribution in [0.5, 0.6) is 5.75 Å². The quantitative estimate of drug-likeness (QED) is 0.801. The molecule has 1 fully saturated rings. The molecule has 7 nitrogen and oxygen atoms in total. The number of hydrogen-bond donors (Lipinski definition) is 2. The Morgan fingerprint density at radius 2 is 1.92 bits per heavy atom. The van der Waals surface area contributed by atoms with E-state index < -0.39 is 0 Å². The van der Waals surface area contributed by atoms with E-state index in [2.05, 4.69) is 10.6 Å². The van der Waals surface area contributed by atoms with Gasteiger partial charge in [-0.15, -0.1) is 0 Å². The Kier molecular flexibility index (Phi) is 6.91. The van der Waals surface area contributed by atoms with Crippen molar-refractivity contribution in [3.05, 3.63) is 29.3 Å². The van der Waals surface area contributed by atoms with Crippen LogP contribution in [0.4, 0.5) is 9.59 Å². The lowest BCUT2D eigenvalue weighted by molar-refractivity contribution is 0.0956. The number of nitrogens with one attached hydrogen (secondary N) is 2. The molecule has 0 bridgehead atoms. The Morgan fingerprint density at radius 1 is 1.20 bits per heavy atom. The summed E-state index contributed by atoms with van der Waals surface area (Å²) >= 11 is 0. The molecule has 2 rings (SSSR count). The van der Waals surface area contributed by atoms with Crippen LogP contribution in [0, 0.1) is 13.8 Å². The van der Waals surface area contributed by atoms with Gasteiger partial charge in [-0.3, -0.25) is 0 Å². The minimum absolute atomic E-state index is 0.0484. The van der Waals surface area contributed by atoms with E-state index in [1.54, 1.807) is 11.8 Å². The molecule has 7 heteroatoms. The zero-order valence-corrected chi connectivity index (χ0v) is 15.1. The van der Waals surface area contributed by atoms with Crippen LogP contribution >= 0.6 is 0 Å². The number of likely N-dealkylation sites (tertiary alicyclic amines) is 1. The van der Waals surface area contributed by atoms with Gasteiger partial charge in [0.25, 0.3) is 0 Å². The van der Waals surface area contributed by atoms with Crippen LogP contribution in [-0.2, 0) is 4.74 Å². The first-order valence-corrected chi connectivity index (χ1v) is 8.65. The second kappa shape index (κ2) is 9.15. The number of aryl methyl sites for hydroxylation is 2. The average Bonchev–Trinajstić information content (AvgIpc) is 2.59. The molecule has 1 aliphatic rings. The van der Waals surface area contributed by atoms with Gasteiger partial charge in [-0.25, -0.2) is 9.59 Å². The monoisotopic (exact) mass is 349 g/mol. The van der Waals surface area contributed by atoms with E-state index in [1.165, 1.54) is 5.56 Å². The maximum Gasteiger partial charge on any atom is 0.409 e. The predicted molar refractivity (Wildman–Crippen MR) is 94.7 cm³/mol. The summed E-state index contributed by atoms with van der Waals surface area (Å²) in [4.78, 5) is 25.2. The first-order chi connectivity index (χ1) is 12.0. The normalized spacial score (nSPS) is 14.8. The van der Waals surface area contributed by atoms with E-state index in [-0.39, 0.29) is 24.9 Å². The Bertz CT molecular complexity index is 598. The molecule has 1 aromatic carbocycles. The maximum absolute atomic E-state index is 11.9. The highest BCUT2D eigenvalue weighted by atomic mass is 16.6. The molecule has 138 valence electrons. The summed E-state index contributed by atoms with van der Waals surface area (Å²) in [6, 6.07) is 5.60. The number of amides is 3. The van der Waals surface area contributed by atoms with Crippen molar-refractivity contribution in [2.24, 2.45) is 0 Å². The number of benzene rings is 1. The van der Waals surface area contributed by atoms with Crippen LogP contribution in [0.25, 0.3) is 0 Å². The smallest absolute Gasteiger partial charge is 0.409 e. The van der Waals surface area contributed by atoms with Crippen LogP contribution < -0.4 is 15.4 Å². The maximum atomic E-state index is 11.9. The summed E-state index contributed by atoms with van der Waals surface area (Å²) in [6.45, 7) is 7.50. The summed E-state index contributed by atoms with van der Waals surface area (Å²) in [5.41, 5.74) is 2.35. The van der Waals surface area contributed by atoms with E-state index in [0.717, 1.165) is 11.3 Å². The summed E-state index contributed by atoms with van der Waals surface area (Å²) < 4.78 is 10.5. The molecule has 2 N–H and O–H groups in total. The van der Waals surface area contributed by atoms with Crippen molar-refractivity contribution >= 4 is 12.1 Å². The molecule has 0 saturated carbocycles. The molecule has 3 amide bonds. The Labute approximate surface area is 148 Å². The Hall–Kier alpha value is -2.44. The highest BCUT2D eigenvalue weighted by molar-refractivity contribution is 5.74. The summed E-state index contributed by atoms with van der Waals surface area (Å²) in [6.07, 6.45) is 1.14. The molecule has 1 saturated heterocycles. The fourth-order valence-corrected chi connectivity index (χ4v) is 2.65. The number of urea groups is 1. The second-order valence-electron chi connectivity index (χ2n) is 6.15. The van der Waals surface area contributed by atoms with Gasteiger partial charge in [0, 0.05) is 19.1 Å². The number of rotatable bonds is 5. The molecule has 1 aromatic rings. The standard InChI is InChI=1S/C18H27N3O4/c1-4-24-18(23)21-9-7-15(8-10-21)20-17(22)19-12-25-16-6-5-13(2)14(3)11-16/h5-6,11,15H,4,7-10,12H2,1-3H3,(H2,19,20,22). The van der Waals surface area contributed by atoms with Crippen LogP contribution in [0.15, 0.2) is 18.2 Å². The van der Waals surface area contributed by atoms with Crippen molar-refractivity contribution < 1.29 is 19.1 Å². The topological polar surface area (TPSA) is 79.9 Å². The molecule has 0 aliphatic carbocycles. The molecular formula is C18H27N3O4. The fourth-order valence-electron chi connectivity index (χ4n) is 2.65. The molecule has 0 atom stereocenters. The fraction of sp³-hybridized carbons (Fsp3) is 0.556. The van der Waals surface area contributed by atoms with Crippen molar-refractivity contribution in [3.63, 3.8) is 0 Å². The van der Waals surface area contributed by atoms with Crippen LogP contribution in [-0.4, -0.2) is 49.5 Å². The van der Waals surface area contributed by atoms with Gasteiger partial charge in [-0.1, -0.05) is 6.07 Å². The van der Waals surface area contributed by atoms with E-state index in [9.17, 15) is 9.59 Å². The average molecular weight is 349 g/mol. The van der Waals surface area contributed by atoms with Gasteiger partial charge in [-0.05, 0) is 56.9 Å². The molecule has 25 heavy (non-hydrogen) atoms. The van der Waals surface area contributed by atoms with Gasteiger partial charge in [0.15, 0.2) is 6.73 Å². The highest BCUT2D eigenvalue weighted by Gasteiger charge is 2.24. The summed E-state index contributed by atoms with van der Waals surface area (Å²) in [7, 11) is 0. The third-order valence-electron chi connectivity index (χ3n) is 4.31. The van der Waals surface area contributed by atoms with Crippen molar-refractivity contribution in [2.45, 2.75) is 39.7 Å². The predicted octanol–water partition coefficient (Wildman–Crippen LogP) is 2.56. The summed E-state index contributed by atoms with van der Waals surface area (Å²) in [5.74, 6) is 0.728. The van der Waals surface area contributed by atoms with Crippen LogP contribution in [0.2, 0.25) is 0 Å². The van der Waals surface area contributed by atoms with Gasteiger partial charge >= 0.3 is 12.1 Å². The SMILES string of the molecule is CCOC(=O)N1CCC(NC(=O)NCOc2ccc(C)c(C)c2)CC1. The number of piperidine rings is 1. The number of carbonyl (C=O) groups excluding carboxylic acids is 2. The molecule has 0 unspecified atom stereocenters. The molecule has 1 heterocycles. The van der Waals surface area contributed by atoms with Gasteiger partial charge in [0.2, 0.25) is 0 Å². The van der Waals surface area contributed by atoms with Crippen LogP contribution in [0.1, 0.15) is 30.9 Å². The zero-order valence-electron chi connectivity index (χ0n) is 15.1. The Balaban J connectivity index is 1.66. The lowest BCUT2D eigenvalue weighted by atomic mass is 10.1. The highest BCUT2D eigenvalue weighted by Crippen LogP contribution is 2.16. The van der Waals surface area contributed by atoms with Gasteiger partial charge in [0.05, 0.1) is 6.61 Å². The van der Waals surface area contributed by atoms with E-state index >= 15 is 0 Å². The van der Waals surface area contributed by atoms with Crippen molar-refractivity contribution in [1.29, 1.82) is 0 Å². The lowest BCUT2D eigenvalue weighted by Crippen LogP contribution is -2.49. The van der Waals surface area contributed by atoms with Crippen molar-refractivity contribution in [3.8, 4) is 5.75 Å². The number of carbonyl (C=O) groups is 2. The van der Waals surface area contributed by atoms with Gasteiger partial charge in [-0.2, -0.15) is 0 Å². The zero-order chi connectivity index (χ0) is 18.2. The van der Waals surface area contributed by atoms with E-state index in [0.29, 0.717) is 32.5 Å². The largest absolute Gasteiger partial charge is 0.473 e. The second-order valence-corrected chi connectivity index (χ2v) is 6.15. The summed E-state index contributed by atoms with van der Waals surface area (Å²) in [5, 5.41) is 5.60. The number of hydrogen-bond acceptors (Lipinski definition) is 4. The van der Waals surface area contributed by atoms with Gasteiger partial charge in [0.1, 0.15) is 5.75 Å². The first kappa shape index (κ1) is 18.9. The minimum atomic E-state index is -0.285.